The van der Waals surface area contributed by atoms with Crippen molar-refractivity contribution in [3.8, 4) is 17.1 Å². The van der Waals surface area contributed by atoms with Gasteiger partial charge in [0.1, 0.15) is 17.4 Å². The van der Waals surface area contributed by atoms with Crippen molar-refractivity contribution in [3.05, 3.63) is 63.5 Å². The van der Waals surface area contributed by atoms with E-state index >= 15 is 0 Å². The number of likely N-dealkylation sites (tertiary alicyclic amines) is 1. The highest BCUT2D eigenvalue weighted by atomic mass is 35.5. The van der Waals surface area contributed by atoms with Gasteiger partial charge in [-0.25, -0.2) is 9.59 Å². The number of nitrogens with zero attached hydrogens (tertiary/aromatic N) is 4. The molecule has 1 saturated heterocycles. The van der Waals surface area contributed by atoms with Crippen LogP contribution < -0.4 is 10.1 Å². The number of nitrogens with one attached hydrogen (secondary N) is 1. The van der Waals surface area contributed by atoms with E-state index in [4.69, 9.17) is 37.2 Å². The van der Waals surface area contributed by atoms with Crippen LogP contribution in [0.25, 0.3) is 11.4 Å². The Balaban J connectivity index is 1.49. The number of carboxylic acid groups (broad SMARTS) is 1. The molecular formula is C29H30Cl2F3N5O6. The fourth-order valence-corrected chi connectivity index (χ4v) is 4.90. The molecule has 242 valence electrons. The third-order valence-corrected chi connectivity index (χ3v) is 7.20. The highest BCUT2D eigenvalue weighted by Crippen LogP contribution is 2.39. The number of hydrogen-bond donors (Lipinski definition) is 2. The van der Waals surface area contributed by atoms with E-state index in [9.17, 15) is 27.9 Å². The fraction of sp³-hybridized carbons (Fsp3) is 0.414. The summed E-state index contributed by atoms with van der Waals surface area (Å²) in [7, 11) is 0. The highest BCUT2D eigenvalue weighted by molar-refractivity contribution is 6.42. The summed E-state index contributed by atoms with van der Waals surface area (Å²) < 4.78 is 58.1. The van der Waals surface area contributed by atoms with Gasteiger partial charge in [0, 0.05) is 12.1 Å². The molecule has 3 aromatic rings. The Morgan fingerprint density at radius 3 is 2.58 bits per heavy atom. The summed E-state index contributed by atoms with van der Waals surface area (Å²) in [5, 5.41) is 16.3. The minimum absolute atomic E-state index is 0.00256. The van der Waals surface area contributed by atoms with Crippen LogP contribution in [0.4, 0.5) is 22.8 Å². The first-order chi connectivity index (χ1) is 21.1. The number of aromatic nitrogens is 2. The molecule has 45 heavy (non-hydrogen) atoms. The minimum atomic E-state index is -4.74. The van der Waals surface area contributed by atoms with Crippen LogP contribution in [0.1, 0.15) is 63.1 Å². The number of guanidine groups is 1. The maximum absolute atomic E-state index is 14.0. The maximum Gasteiger partial charge on any atom is 0.434 e. The van der Waals surface area contributed by atoms with Crippen LogP contribution in [-0.2, 0) is 17.3 Å². The molecule has 1 aliphatic heterocycles. The van der Waals surface area contributed by atoms with Crippen LogP contribution >= 0.6 is 23.2 Å². The molecule has 0 aliphatic carbocycles. The number of hydrogen-bond acceptors (Lipinski definition) is 7. The van der Waals surface area contributed by atoms with Gasteiger partial charge in [-0.1, -0.05) is 34.4 Å². The first kappa shape index (κ1) is 33.8. The normalized spacial score (nSPS) is 15.7. The molecule has 0 unspecified atom stereocenters. The molecule has 2 heterocycles. The van der Waals surface area contributed by atoms with Gasteiger partial charge in [0.15, 0.2) is 0 Å². The van der Waals surface area contributed by atoms with Crippen molar-refractivity contribution in [2.24, 2.45) is 4.99 Å². The Hall–Kier alpha value is -4.04. The van der Waals surface area contributed by atoms with Crippen LogP contribution in [0.2, 0.25) is 10.0 Å². The number of halogens is 5. The second kappa shape index (κ2) is 13.9. The van der Waals surface area contributed by atoms with Crippen molar-refractivity contribution in [3.63, 3.8) is 0 Å². The molecule has 2 aromatic carbocycles. The lowest BCUT2D eigenvalue weighted by Gasteiger charge is -2.26. The van der Waals surface area contributed by atoms with Gasteiger partial charge >= 0.3 is 18.4 Å². The van der Waals surface area contributed by atoms with Crippen molar-refractivity contribution in [1.29, 1.82) is 0 Å². The number of benzene rings is 2. The monoisotopic (exact) mass is 671 g/mol. The smallest absolute Gasteiger partial charge is 0.434 e. The number of carbonyl (C=O) groups excluding carboxylic acids is 1. The summed E-state index contributed by atoms with van der Waals surface area (Å²) in [5.41, 5.74) is -0.973. The van der Waals surface area contributed by atoms with E-state index in [0.29, 0.717) is 35.7 Å². The number of aliphatic imine (C=N–C) groups is 1. The molecule has 1 fully saturated rings. The quantitative estimate of drug-likeness (QED) is 0.146. The highest BCUT2D eigenvalue weighted by Gasteiger charge is 2.37. The van der Waals surface area contributed by atoms with Crippen molar-refractivity contribution < 1.29 is 41.9 Å². The third-order valence-electron chi connectivity index (χ3n) is 6.46. The van der Waals surface area contributed by atoms with Crippen LogP contribution in [-0.4, -0.2) is 57.0 Å². The Morgan fingerprint density at radius 1 is 1.16 bits per heavy atom. The number of amides is 2. The SMILES string of the molecule is CC(C)(C)OC(=O)N/C(=N\C(=O)O)N1CCC[C@H]1c1nc(-c2ccc(OCCCc3ccc(Cl)c(Cl)c3)c(C(F)(F)F)c2)no1. The summed E-state index contributed by atoms with van der Waals surface area (Å²) in [6.07, 6.45) is -5.30. The van der Waals surface area contributed by atoms with E-state index in [2.05, 4.69) is 20.4 Å². The van der Waals surface area contributed by atoms with Gasteiger partial charge < -0.3 is 24.0 Å². The topological polar surface area (TPSA) is 139 Å². The fourth-order valence-electron chi connectivity index (χ4n) is 4.58. The number of carbonyl (C=O) groups is 2. The van der Waals surface area contributed by atoms with Crippen molar-refractivity contribution in [2.45, 2.75) is 64.3 Å². The van der Waals surface area contributed by atoms with Gasteiger partial charge in [-0.05, 0) is 82.3 Å². The lowest BCUT2D eigenvalue weighted by Crippen LogP contribution is -2.46. The van der Waals surface area contributed by atoms with E-state index in [0.717, 1.165) is 11.6 Å². The average Bonchev–Trinajstić information content (AvgIpc) is 3.61. The van der Waals surface area contributed by atoms with Gasteiger partial charge in [-0.3, -0.25) is 5.32 Å². The van der Waals surface area contributed by atoms with Gasteiger partial charge in [0.2, 0.25) is 17.7 Å². The molecule has 2 amide bonds. The second-order valence-electron chi connectivity index (χ2n) is 11.1. The molecule has 11 nitrogen and oxygen atoms in total. The van der Waals surface area contributed by atoms with Crippen LogP contribution in [0.5, 0.6) is 5.75 Å². The zero-order chi connectivity index (χ0) is 32.9. The first-order valence-corrected chi connectivity index (χ1v) is 14.6. The van der Waals surface area contributed by atoms with Crippen molar-refractivity contribution >= 4 is 41.3 Å². The lowest BCUT2D eigenvalue weighted by atomic mass is 10.1. The zero-order valence-corrected chi connectivity index (χ0v) is 26.0. The molecule has 4 rings (SSSR count). The Morgan fingerprint density at radius 2 is 1.91 bits per heavy atom. The van der Waals surface area contributed by atoms with E-state index in [1.54, 1.807) is 39.0 Å². The van der Waals surface area contributed by atoms with E-state index < -0.39 is 35.6 Å². The largest absolute Gasteiger partial charge is 0.493 e. The van der Waals surface area contributed by atoms with Crippen LogP contribution in [0.3, 0.4) is 0 Å². The van der Waals surface area contributed by atoms with E-state index in [1.165, 1.54) is 17.0 Å². The Labute approximate surface area is 266 Å². The van der Waals surface area contributed by atoms with Gasteiger partial charge in [-0.2, -0.15) is 18.2 Å². The molecule has 0 radical (unpaired) electrons. The van der Waals surface area contributed by atoms with Crippen molar-refractivity contribution in [2.75, 3.05) is 13.2 Å². The minimum Gasteiger partial charge on any atom is -0.493 e. The Bertz CT molecular complexity index is 1570. The van der Waals surface area contributed by atoms with Crippen LogP contribution in [0, 0.1) is 0 Å². The first-order valence-electron chi connectivity index (χ1n) is 13.8. The maximum atomic E-state index is 14.0. The molecule has 1 atom stereocenters. The van der Waals surface area contributed by atoms with Crippen molar-refractivity contribution in [1.82, 2.24) is 20.4 Å². The molecule has 16 heteroatoms. The molecule has 2 N–H and O–H groups in total. The van der Waals surface area contributed by atoms with E-state index in [1.807, 2.05) is 0 Å². The summed E-state index contributed by atoms with van der Waals surface area (Å²) in [6.45, 7) is 5.22. The summed E-state index contributed by atoms with van der Waals surface area (Å²) >= 11 is 11.9. The summed E-state index contributed by atoms with van der Waals surface area (Å²) in [4.78, 5) is 33.0. The molecule has 0 saturated carbocycles. The summed E-state index contributed by atoms with van der Waals surface area (Å²) in [6, 6.07) is 7.87. The van der Waals surface area contributed by atoms with Gasteiger partial charge in [-0.15, -0.1) is 4.99 Å². The van der Waals surface area contributed by atoms with Gasteiger partial charge in [0.25, 0.3) is 0 Å². The number of alkyl halides is 3. The summed E-state index contributed by atoms with van der Waals surface area (Å²) in [5.74, 6) is -0.777. The number of aryl methyl sites for hydroxylation is 1. The molecule has 0 spiro atoms. The predicted molar refractivity (Wildman–Crippen MR) is 159 cm³/mol. The second-order valence-corrected chi connectivity index (χ2v) is 11.9. The number of alkyl carbamates (subject to hydrolysis) is 1. The molecule has 1 aliphatic rings. The Kier molecular flexibility index (Phi) is 10.5. The van der Waals surface area contributed by atoms with Gasteiger partial charge in [0.05, 0.1) is 22.2 Å². The molecular weight excluding hydrogens is 642 g/mol. The predicted octanol–water partition coefficient (Wildman–Crippen LogP) is 7.77. The zero-order valence-electron chi connectivity index (χ0n) is 24.5. The van der Waals surface area contributed by atoms with E-state index in [-0.39, 0.29) is 42.1 Å². The number of rotatable bonds is 7. The average molecular weight is 672 g/mol. The van der Waals surface area contributed by atoms with Crippen LogP contribution in [0.15, 0.2) is 45.9 Å². The molecule has 1 aromatic heterocycles. The standard InChI is InChI=1S/C29H30Cl2F3N5O6/c1-28(2,3)44-27(42)37-25(36-26(40)41)39-12-4-7-21(39)24-35-23(38-45-24)17-9-11-22(18(15-17)29(32,33)34)43-13-5-6-16-8-10-19(30)20(31)14-16/h8-11,14-15,21H,4-7,12-13H2,1-3H3,(H,40,41)(H,36,37,42)/t21-/m0/s1. The number of ether oxygens (including phenoxy) is 2. The molecule has 0 bridgehead atoms. The lowest BCUT2D eigenvalue weighted by molar-refractivity contribution is -0.138. The third kappa shape index (κ3) is 9.24.